The van der Waals surface area contributed by atoms with E-state index >= 15 is 0 Å². The largest absolute Gasteiger partial charge is 0.325 e. The van der Waals surface area contributed by atoms with Gasteiger partial charge >= 0.3 is 0 Å². The normalized spacial score (nSPS) is 14.7. The fraction of sp³-hybridized carbons (Fsp3) is 0.263. The van der Waals surface area contributed by atoms with E-state index in [-0.39, 0.29) is 0 Å². The molecule has 0 bridgehead atoms. The van der Waals surface area contributed by atoms with Crippen molar-refractivity contribution >= 4 is 23.2 Å². The van der Waals surface area contributed by atoms with Gasteiger partial charge in [-0.05, 0) is 56.0 Å². The number of halogens is 2. The molecule has 2 aromatic carbocycles. The molecule has 3 rings (SSSR count). The van der Waals surface area contributed by atoms with Crippen LogP contribution in [0.4, 0.5) is 20.2 Å². The Morgan fingerprint density at radius 1 is 0.960 bits per heavy atom. The van der Waals surface area contributed by atoms with Crippen molar-refractivity contribution in [2.24, 2.45) is 5.41 Å². The summed E-state index contributed by atoms with van der Waals surface area (Å²) in [6, 6.07) is 8.92. The lowest BCUT2D eigenvalue weighted by atomic mass is 10.0. The molecular weight excluding hydrogens is 326 g/mol. The molecule has 130 valence electrons. The van der Waals surface area contributed by atoms with Crippen LogP contribution in [0.15, 0.2) is 36.4 Å². The molecule has 1 aliphatic carbocycles. The van der Waals surface area contributed by atoms with E-state index in [0.29, 0.717) is 18.5 Å². The second-order valence-electron chi connectivity index (χ2n) is 6.41. The molecule has 1 aliphatic rings. The molecule has 0 heterocycles. The van der Waals surface area contributed by atoms with Crippen molar-refractivity contribution in [3.63, 3.8) is 0 Å². The summed E-state index contributed by atoms with van der Waals surface area (Å²) in [5.74, 6) is -2.91. The molecule has 0 atom stereocenters. The van der Waals surface area contributed by atoms with Crippen LogP contribution in [0.3, 0.4) is 0 Å². The van der Waals surface area contributed by atoms with Crippen LogP contribution in [0, 0.1) is 30.9 Å². The molecule has 0 spiro atoms. The van der Waals surface area contributed by atoms with Gasteiger partial charge in [-0.25, -0.2) is 8.78 Å². The molecule has 0 unspecified atom stereocenters. The minimum atomic E-state index is -1.29. The fourth-order valence-corrected chi connectivity index (χ4v) is 2.65. The van der Waals surface area contributed by atoms with Crippen LogP contribution in [0.5, 0.6) is 0 Å². The SMILES string of the molecule is Cc1ccc(C)c(NC(=O)C2(C(=O)Nc3c(F)cccc3F)CC2)c1. The van der Waals surface area contributed by atoms with E-state index in [1.807, 2.05) is 32.0 Å². The molecule has 0 radical (unpaired) electrons. The van der Waals surface area contributed by atoms with E-state index in [1.165, 1.54) is 6.07 Å². The zero-order valence-electron chi connectivity index (χ0n) is 14.0. The Kier molecular flexibility index (Phi) is 4.29. The highest BCUT2D eigenvalue weighted by Gasteiger charge is 2.56. The molecule has 0 aliphatic heterocycles. The predicted molar refractivity (Wildman–Crippen MR) is 91.2 cm³/mol. The van der Waals surface area contributed by atoms with E-state index in [2.05, 4.69) is 10.6 Å². The number of carbonyl (C=O) groups excluding carboxylic acids is 2. The number of hydrogen-bond donors (Lipinski definition) is 2. The lowest BCUT2D eigenvalue weighted by molar-refractivity contribution is -0.131. The minimum absolute atomic E-state index is 0.339. The van der Waals surface area contributed by atoms with E-state index in [9.17, 15) is 18.4 Å². The number of nitrogens with one attached hydrogen (secondary N) is 2. The summed E-state index contributed by atoms with van der Waals surface area (Å²) in [7, 11) is 0. The maximum atomic E-state index is 13.7. The van der Waals surface area contributed by atoms with Crippen molar-refractivity contribution in [2.75, 3.05) is 10.6 Å². The van der Waals surface area contributed by atoms with Gasteiger partial charge in [0, 0.05) is 5.69 Å². The quantitative estimate of drug-likeness (QED) is 0.826. The van der Waals surface area contributed by atoms with Crippen LogP contribution in [-0.4, -0.2) is 11.8 Å². The van der Waals surface area contributed by atoms with Crippen molar-refractivity contribution in [1.29, 1.82) is 0 Å². The Hall–Kier alpha value is -2.76. The number of amides is 2. The average Bonchev–Trinajstić information content (AvgIpc) is 3.36. The standard InChI is InChI=1S/C19H18F2N2O2/c1-11-6-7-12(2)15(10-11)22-17(24)19(8-9-19)18(25)23-16-13(20)4-3-5-14(16)21/h3-7,10H,8-9H2,1-2H3,(H,22,24)(H,23,25). The number of rotatable bonds is 4. The van der Waals surface area contributed by atoms with Crippen molar-refractivity contribution in [1.82, 2.24) is 0 Å². The van der Waals surface area contributed by atoms with Crippen LogP contribution < -0.4 is 10.6 Å². The summed E-state index contributed by atoms with van der Waals surface area (Å²) >= 11 is 0. The number of aryl methyl sites for hydroxylation is 2. The Labute approximate surface area is 144 Å². The second kappa shape index (κ2) is 6.27. The van der Waals surface area contributed by atoms with Gasteiger partial charge in [0.25, 0.3) is 0 Å². The van der Waals surface area contributed by atoms with Crippen LogP contribution in [0.1, 0.15) is 24.0 Å². The van der Waals surface area contributed by atoms with E-state index < -0.39 is 34.6 Å². The summed E-state index contributed by atoms with van der Waals surface area (Å²) in [5.41, 5.74) is 0.656. The third-order valence-corrected chi connectivity index (χ3v) is 4.46. The smallest absolute Gasteiger partial charge is 0.240 e. The molecule has 0 saturated heterocycles. The predicted octanol–water partition coefficient (Wildman–Crippen LogP) is 3.94. The van der Waals surface area contributed by atoms with Crippen molar-refractivity contribution in [2.45, 2.75) is 26.7 Å². The molecule has 25 heavy (non-hydrogen) atoms. The van der Waals surface area contributed by atoms with Gasteiger partial charge in [0.1, 0.15) is 22.7 Å². The maximum Gasteiger partial charge on any atom is 0.240 e. The Morgan fingerprint density at radius 2 is 1.56 bits per heavy atom. The van der Waals surface area contributed by atoms with E-state index in [4.69, 9.17) is 0 Å². The van der Waals surface area contributed by atoms with E-state index in [1.54, 1.807) is 0 Å². The van der Waals surface area contributed by atoms with Gasteiger partial charge in [0.05, 0.1) is 0 Å². The van der Waals surface area contributed by atoms with Crippen molar-refractivity contribution < 1.29 is 18.4 Å². The van der Waals surface area contributed by atoms with Gasteiger partial charge < -0.3 is 10.6 Å². The first kappa shape index (κ1) is 17.1. The zero-order valence-corrected chi connectivity index (χ0v) is 14.0. The van der Waals surface area contributed by atoms with Gasteiger partial charge in [-0.3, -0.25) is 9.59 Å². The molecule has 4 nitrogen and oxygen atoms in total. The Balaban J connectivity index is 1.78. The monoisotopic (exact) mass is 344 g/mol. The highest BCUT2D eigenvalue weighted by atomic mass is 19.1. The van der Waals surface area contributed by atoms with Gasteiger partial charge in [-0.2, -0.15) is 0 Å². The lowest BCUT2D eigenvalue weighted by Crippen LogP contribution is -2.36. The van der Waals surface area contributed by atoms with Gasteiger partial charge in [-0.15, -0.1) is 0 Å². The molecule has 0 aromatic heterocycles. The molecular formula is C19H18F2N2O2. The Morgan fingerprint density at radius 3 is 2.16 bits per heavy atom. The third kappa shape index (κ3) is 3.24. The number of anilines is 2. The molecule has 2 N–H and O–H groups in total. The van der Waals surface area contributed by atoms with Crippen molar-refractivity contribution in [3.8, 4) is 0 Å². The number of para-hydroxylation sites is 1. The topological polar surface area (TPSA) is 58.2 Å². The molecule has 1 fully saturated rings. The van der Waals surface area contributed by atoms with Crippen LogP contribution in [0.2, 0.25) is 0 Å². The minimum Gasteiger partial charge on any atom is -0.325 e. The first-order valence-electron chi connectivity index (χ1n) is 7.98. The fourth-order valence-electron chi connectivity index (χ4n) is 2.65. The summed E-state index contributed by atoms with van der Waals surface area (Å²) in [6.45, 7) is 3.75. The molecule has 6 heteroatoms. The summed E-state index contributed by atoms with van der Waals surface area (Å²) in [5, 5.41) is 4.99. The zero-order chi connectivity index (χ0) is 18.2. The van der Waals surface area contributed by atoms with Gasteiger partial charge in [0.15, 0.2) is 0 Å². The molecule has 1 saturated carbocycles. The Bertz CT molecular complexity index is 840. The van der Waals surface area contributed by atoms with Crippen LogP contribution >= 0.6 is 0 Å². The molecule has 2 amide bonds. The summed E-state index contributed by atoms with van der Waals surface area (Å²) < 4.78 is 27.4. The van der Waals surface area contributed by atoms with E-state index in [0.717, 1.165) is 23.3 Å². The van der Waals surface area contributed by atoms with Crippen LogP contribution in [-0.2, 0) is 9.59 Å². The number of carbonyl (C=O) groups is 2. The molecule has 2 aromatic rings. The lowest BCUT2D eigenvalue weighted by Gasteiger charge is -2.17. The third-order valence-electron chi connectivity index (χ3n) is 4.46. The maximum absolute atomic E-state index is 13.7. The first-order valence-corrected chi connectivity index (χ1v) is 7.98. The average molecular weight is 344 g/mol. The number of benzene rings is 2. The highest BCUT2D eigenvalue weighted by Crippen LogP contribution is 2.47. The first-order chi connectivity index (χ1) is 11.8. The van der Waals surface area contributed by atoms with Gasteiger partial charge in [-0.1, -0.05) is 18.2 Å². The summed E-state index contributed by atoms with van der Waals surface area (Å²) in [4.78, 5) is 25.1. The summed E-state index contributed by atoms with van der Waals surface area (Å²) in [6.07, 6.45) is 0.678. The van der Waals surface area contributed by atoms with Gasteiger partial charge in [0.2, 0.25) is 11.8 Å². The highest BCUT2D eigenvalue weighted by molar-refractivity contribution is 6.17. The second-order valence-corrected chi connectivity index (χ2v) is 6.41. The number of hydrogen-bond acceptors (Lipinski definition) is 2. The van der Waals surface area contributed by atoms with Crippen LogP contribution in [0.25, 0.3) is 0 Å². The van der Waals surface area contributed by atoms with Crippen molar-refractivity contribution in [3.05, 3.63) is 59.2 Å².